The first-order chi connectivity index (χ1) is 12.1. The molecule has 0 fully saturated rings. The van der Waals surface area contributed by atoms with Crippen molar-refractivity contribution < 1.29 is 9.18 Å². The number of amides is 1. The van der Waals surface area contributed by atoms with Crippen LogP contribution in [0.25, 0.3) is 0 Å². The second-order valence-electron chi connectivity index (χ2n) is 5.27. The minimum atomic E-state index is -0.403. The summed E-state index contributed by atoms with van der Waals surface area (Å²) in [6.07, 6.45) is 0. The Kier molecular flexibility index (Phi) is 5.77. The van der Waals surface area contributed by atoms with Crippen molar-refractivity contribution in [3.05, 3.63) is 58.0 Å². The van der Waals surface area contributed by atoms with Gasteiger partial charge in [0.15, 0.2) is 0 Å². The van der Waals surface area contributed by atoms with E-state index in [1.54, 1.807) is 41.1 Å². The fraction of sp³-hybridized carbons (Fsp3) is 0.250. The normalized spacial score (nSPS) is 12.1. The number of tetrazole rings is 1. The Balaban J connectivity index is 1.57. The predicted octanol–water partition coefficient (Wildman–Crippen LogP) is 2.72. The Morgan fingerprint density at radius 3 is 2.96 bits per heavy atom. The van der Waals surface area contributed by atoms with Crippen molar-refractivity contribution in [1.29, 1.82) is 0 Å². The Bertz CT molecular complexity index is 837. The number of halogens is 1. The van der Waals surface area contributed by atoms with Gasteiger partial charge < -0.3 is 5.32 Å². The van der Waals surface area contributed by atoms with E-state index in [-0.39, 0.29) is 18.3 Å². The topological polar surface area (TPSA) is 72.7 Å². The molecule has 0 aliphatic rings. The molecule has 2 aromatic heterocycles. The first-order valence-electron chi connectivity index (χ1n) is 7.60. The molecule has 0 radical (unpaired) electrons. The highest BCUT2D eigenvalue weighted by Gasteiger charge is 2.19. The summed E-state index contributed by atoms with van der Waals surface area (Å²) in [7, 11) is 0. The highest BCUT2D eigenvalue weighted by Crippen LogP contribution is 2.22. The lowest BCUT2D eigenvalue weighted by Gasteiger charge is -2.12. The van der Waals surface area contributed by atoms with E-state index in [1.807, 2.05) is 17.5 Å². The van der Waals surface area contributed by atoms with Gasteiger partial charge in [-0.25, -0.2) is 9.07 Å². The number of carbonyl (C=O) groups excluding carboxylic acids is 1. The van der Waals surface area contributed by atoms with Crippen LogP contribution in [-0.4, -0.2) is 31.4 Å². The predicted molar refractivity (Wildman–Crippen MR) is 94.8 cm³/mol. The molecule has 0 aliphatic heterocycles. The lowest BCUT2D eigenvalue weighted by atomic mass is 10.2. The molecule has 0 saturated heterocycles. The van der Waals surface area contributed by atoms with Crippen LogP contribution in [0, 0.1) is 5.82 Å². The third kappa shape index (κ3) is 4.64. The van der Waals surface area contributed by atoms with Gasteiger partial charge in [0.1, 0.15) is 5.82 Å². The summed E-state index contributed by atoms with van der Waals surface area (Å²) in [5.74, 6) is -0.526. The minimum Gasteiger partial charge on any atom is -0.351 e. The molecule has 130 valence electrons. The molecule has 2 heterocycles. The van der Waals surface area contributed by atoms with Crippen LogP contribution in [0.4, 0.5) is 4.39 Å². The van der Waals surface area contributed by atoms with Crippen LogP contribution in [-0.2, 0) is 17.9 Å². The maximum atomic E-state index is 13.6. The van der Waals surface area contributed by atoms with Crippen LogP contribution >= 0.6 is 23.1 Å². The molecule has 25 heavy (non-hydrogen) atoms. The van der Waals surface area contributed by atoms with E-state index in [1.165, 1.54) is 17.8 Å². The number of rotatable bonds is 7. The lowest BCUT2D eigenvalue weighted by molar-refractivity contribution is -0.120. The number of benzene rings is 1. The van der Waals surface area contributed by atoms with Crippen molar-refractivity contribution in [3.8, 4) is 0 Å². The van der Waals surface area contributed by atoms with Crippen LogP contribution in [0.5, 0.6) is 0 Å². The number of aromatic nitrogens is 4. The summed E-state index contributed by atoms with van der Waals surface area (Å²) in [5, 5.41) is 16.5. The van der Waals surface area contributed by atoms with Crippen LogP contribution in [0.1, 0.15) is 17.4 Å². The van der Waals surface area contributed by atoms with Crippen molar-refractivity contribution >= 4 is 29.0 Å². The molecular weight excluding hydrogens is 361 g/mol. The number of carbonyl (C=O) groups is 1. The van der Waals surface area contributed by atoms with Gasteiger partial charge in [-0.2, -0.15) is 0 Å². The highest BCUT2D eigenvalue weighted by molar-refractivity contribution is 8.00. The molecule has 0 saturated carbocycles. The first-order valence-corrected chi connectivity index (χ1v) is 9.35. The van der Waals surface area contributed by atoms with Crippen molar-refractivity contribution in [2.24, 2.45) is 0 Å². The zero-order chi connectivity index (χ0) is 17.6. The second kappa shape index (κ2) is 8.21. The Labute approximate surface area is 152 Å². The number of hydrogen-bond donors (Lipinski definition) is 1. The van der Waals surface area contributed by atoms with E-state index in [4.69, 9.17) is 0 Å². The summed E-state index contributed by atoms with van der Waals surface area (Å²) in [5.41, 5.74) is 0.454. The van der Waals surface area contributed by atoms with E-state index in [2.05, 4.69) is 20.8 Å². The van der Waals surface area contributed by atoms with Gasteiger partial charge in [-0.05, 0) is 34.9 Å². The molecule has 1 atom stereocenters. The SMILES string of the molecule is CC(Sc1nnnn1Cc1cccs1)C(=O)NCc1ccccc1F. The highest BCUT2D eigenvalue weighted by atomic mass is 32.2. The molecule has 0 spiro atoms. The Hall–Kier alpha value is -2.26. The first kappa shape index (κ1) is 17.6. The van der Waals surface area contributed by atoms with Crippen LogP contribution in [0.2, 0.25) is 0 Å². The van der Waals surface area contributed by atoms with Crippen molar-refractivity contribution in [2.75, 3.05) is 0 Å². The van der Waals surface area contributed by atoms with E-state index < -0.39 is 5.25 Å². The quantitative estimate of drug-likeness (QED) is 0.641. The maximum Gasteiger partial charge on any atom is 0.233 e. The van der Waals surface area contributed by atoms with Crippen molar-refractivity contribution in [2.45, 2.75) is 30.4 Å². The Morgan fingerprint density at radius 1 is 1.36 bits per heavy atom. The Morgan fingerprint density at radius 2 is 2.20 bits per heavy atom. The molecular formula is C16H16FN5OS2. The largest absolute Gasteiger partial charge is 0.351 e. The molecule has 1 N–H and O–H groups in total. The van der Waals surface area contributed by atoms with Gasteiger partial charge in [0.05, 0.1) is 11.8 Å². The standard InChI is InChI=1S/C16H16FN5OS2/c1-11(15(23)18-9-12-5-2-3-7-14(12)17)25-16-19-20-21-22(16)10-13-6-4-8-24-13/h2-8,11H,9-10H2,1H3,(H,18,23). The average Bonchev–Trinajstić information content (AvgIpc) is 3.27. The van der Waals surface area contributed by atoms with Crippen LogP contribution < -0.4 is 5.32 Å². The fourth-order valence-electron chi connectivity index (χ4n) is 2.11. The fourth-order valence-corrected chi connectivity index (χ4v) is 3.61. The molecule has 6 nitrogen and oxygen atoms in total. The molecule has 0 aliphatic carbocycles. The number of thioether (sulfide) groups is 1. The van der Waals surface area contributed by atoms with E-state index in [9.17, 15) is 9.18 Å². The molecule has 3 aromatic rings. The third-order valence-electron chi connectivity index (χ3n) is 3.45. The molecule has 9 heteroatoms. The average molecular weight is 377 g/mol. The van der Waals surface area contributed by atoms with E-state index in [0.29, 0.717) is 17.3 Å². The monoisotopic (exact) mass is 377 g/mol. The molecule has 0 bridgehead atoms. The second-order valence-corrected chi connectivity index (χ2v) is 7.61. The summed E-state index contributed by atoms with van der Waals surface area (Å²) in [6.45, 7) is 2.48. The van der Waals surface area contributed by atoms with Crippen molar-refractivity contribution in [3.63, 3.8) is 0 Å². The van der Waals surface area contributed by atoms with Gasteiger partial charge in [0.2, 0.25) is 11.1 Å². The summed E-state index contributed by atoms with van der Waals surface area (Å²) >= 11 is 2.89. The van der Waals surface area contributed by atoms with Gasteiger partial charge in [-0.15, -0.1) is 16.4 Å². The number of hydrogen-bond acceptors (Lipinski definition) is 6. The summed E-state index contributed by atoms with van der Waals surface area (Å²) in [6, 6.07) is 10.3. The zero-order valence-corrected chi connectivity index (χ0v) is 15.1. The zero-order valence-electron chi connectivity index (χ0n) is 13.4. The smallest absolute Gasteiger partial charge is 0.233 e. The van der Waals surface area contributed by atoms with Gasteiger partial charge in [0.25, 0.3) is 0 Å². The summed E-state index contributed by atoms with van der Waals surface area (Å²) in [4.78, 5) is 13.4. The third-order valence-corrected chi connectivity index (χ3v) is 5.38. The van der Waals surface area contributed by atoms with Crippen LogP contribution in [0.15, 0.2) is 46.9 Å². The maximum absolute atomic E-state index is 13.6. The van der Waals surface area contributed by atoms with Crippen molar-refractivity contribution in [1.82, 2.24) is 25.5 Å². The van der Waals surface area contributed by atoms with E-state index >= 15 is 0 Å². The van der Waals surface area contributed by atoms with Gasteiger partial charge in [-0.1, -0.05) is 36.0 Å². The molecule has 1 amide bonds. The molecule has 3 rings (SSSR count). The van der Waals surface area contributed by atoms with Crippen LogP contribution in [0.3, 0.4) is 0 Å². The number of thiophene rings is 1. The molecule has 1 unspecified atom stereocenters. The number of nitrogens with zero attached hydrogens (tertiary/aromatic N) is 4. The lowest BCUT2D eigenvalue weighted by Crippen LogP contribution is -2.31. The van der Waals surface area contributed by atoms with E-state index in [0.717, 1.165) is 4.88 Å². The van der Waals surface area contributed by atoms with Gasteiger partial charge in [-0.3, -0.25) is 4.79 Å². The van der Waals surface area contributed by atoms with Gasteiger partial charge >= 0.3 is 0 Å². The minimum absolute atomic E-state index is 0.149. The molecule has 1 aromatic carbocycles. The summed E-state index contributed by atoms with van der Waals surface area (Å²) < 4.78 is 15.3. The number of nitrogens with one attached hydrogen (secondary N) is 1. The van der Waals surface area contributed by atoms with Gasteiger partial charge in [0, 0.05) is 17.0 Å².